The van der Waals surface area contributed by atoms with E-state index in [1.807, 2.05) is 0 Å². The summed E-state index contributed by atoms with van der Waals surface area (Å²) in [6, 6.07) is 0. The Morgan fingerprint density at radius 2 is 1.00 bits per heavy atom. The second kappa shape index (κ2) is 21.4. The van der Waals surface area contributed by atoms with E-state index in [1.54, 1.807) is 0 Å². The third-order valence-corrected chi connectivity index (χ3v) is 0. The summed E-state index contributed by atoms with van der Waals surface area (Å²) >= 11 is 0. The molecule has 0 bridgehead atoms. The summed E-state index contributed by atoms with van der Waals surface area (Å²) in [5.74, 6) is 0. The van der Waals surface area contributed by atoms with Gasteiger partial charge >= 0.3 is 0 Å². The van der Waals surface area contributed by atoms with Gasteiger partial charge in [-0.2, -0.15) is 13.5 Å². The van der Waals surface area contributed by atoms with Crippen molar-refractivity contribution in [2.45, 2.75) is 0 Å². The van der Waals surface area contributed by atoms with Crippen molar-refractivity contribution in [1.82, 2.24) is 0 Å². The Hall–Kier alpha value is 1.80. The predicted octanol–water partition coefficient (Wildman–Crippen LogP) is -0.651. The maximum atomic E-state index is 0. The van der Waals surface area contributed by atoms with Crippen molar-refractivity contribution >= 4 is 45.0 Å². The molecule has 0 atom stereocenters. The molecule has 0 rings (SSSR count). The van der Waals surface area contributed by atoms with Gasteiger partial charge in [0.2, 0.25) is 0 Å². The molecule has 0 aliphatic heterocycles. The van der Waals surface area contributed by atoms with Gasteiger partial charge in [-0.15, -0.1) is 0 Å². The van der Waals surface area contributed by atoms with E-state index in [4.69, 9.17) is 0 Å². The molecular formula is H2BMgSZn. The average molecular weight is 135 g/mol. The topological polar surface area (TPSA) is 0 Å². The Balaban J connectivity index is 0. The van der Waals surface area contributed by atoms with Crippen molar-refractivity contribution in [2.75, 3.05) is 0 Å². The first-order chi connectivity index (χ1) is 0. The summed E-state index contributed by atoms with van der Waals surface area (Å²) < 4.78 is 0. The molecule has 0 aliphatic carbocycles. The van der Waals surface area contributed by atoms with E-state index in [1.165, 1.54) is 0 Å². The van der Waals surface area contributed by atoms with Crippen molar-refractivity contribution in [2.24, 2.45) is 0 Å². The molecule has 0 aromatic rings. The molecule has 4 heteroatoms. The Morgan fingerprint density at radius 3 is 1.00 bits per heavy atom. The molecule has 4 heavy (non-hydrogen) atoms. The molecular weight excluding hydrogens is 133 g/mol. The summed E-state index contributed by atoms with van der Waals surface area (Å²) in [5, 5.41) is 0. The molecule has 0 spiro atoms. The minimum absolute atomic E-state index is 0. The average Bonchev–Trinajstić information content (AvgIpc) is 0. The van der Waals surface area contributed by atoms with Gasteiger partial charge < -0.3 is 0 Å². The third kappa shape index (κ3) is 9.19. The molecule has 15 valence electrons. The second-order valence-corrected chi connectivity index (χ2v) is 0. The maximum absolute atomic E-state index is 0. The molecule has 0 fully saturated rings. The molecule has 0 N–H and O–H groups in total. The van der Waals surface area contributed by atoms with Crippen LogP contribution in [-0.4, -0.2) is 31.5 Å². The van der Waals surface area contributed by atoms with Crippen LogP contribution in [0.15, 0.2) is 0 Å². The first-order valence-electron chi connectivity index (χ1n) is 0. The van der Waals surface area contributed by atoms with Crippen LogP contribution in [0.3, 0.4) is 0 Å². The van der Waals surface area contributed by atoms with Gasteiger partial charge in [-0.1, -0.05) is 0 Å². The van der Waals surface area contributed by atoms with Crippen LogP contribution in [0.25, 0.3) is 0 Å². The largest absolute Gasteiger partial charge is 0.197 e. The Kier molecular flexibility index (Phi) is 220. The molecule has 0 aromatic carbocycles. The van der Waals surface area contributed by atoms with E-state index < -0.39 is 0 Å². The van der Waals surface area contributed by atoms with E-state index in [9.17, 15) is 0 Å². The Morgan fingerprint density at radius 1 is 1.00 bits per heavy atom. The Bertz CT molecular complexity index is 8.00. The van der Waals surface area contributed by atoms with Crippen LogP contribution < -0.4 is 0 Å². The van der Waals surface area contributed by atoms with Crippen molar-refractivity contribution in [3.63, 3.8) is 0 Å². The van der Waals surface area contributed by atoms with Crippen LogP contribution in [0.2, 0.25) is 0 Å². The normalized spacial score (nSPS) is 0. The molecule has 0 aromatic heterocycles. The van der Waals surface area contributed by atoms with E-state index in [-0.39, 0.29) is 64.4 Å². The van der Waals surface area contributed by atoms with Gasteiger partial charge in [0.25, 0.3) is 0 Å². The molecule has 5 radical (unpaired) electrons. The molecule has 0 aliphatic rings. The van der Waals surface area contributed by atoms with Crippen molar-refractivity contribution < 1.29 is 19.5 Å². The summed E-state index contributed by atoms with van der Waals surface area (Å²) in [7, 11) is 0. The van der Waals surface area contributed by atoms with Gasteiger partial charge in [-0.3, -0.25) is 0 Å². The fraction of sp³-hybridized carbons (Fsp3) is 0. The van der Waals surface area contributed by atoms with Crippen molar-refractivity contribution in [3.05, 3.63) is 0 Å². The summed E-state index contributed by atoms with van der Waals surface area (Å²) in [6.07, 6.45) is 0. The van der Waals surface area contributed by atoms with Crippen LogP contribution in [-0.2, 0) is 19.5 Å². The molecule has 0 heterocycles. The summed E-state index contributed by atoms with van der Waals surface area (Å²) in [4.78, 5) is 0. The minimum atomic E-state index is 0. The SMILES string of the molecule is S.[B].[Mg].[Zn]. The van der Waals surface area contributed by atoms with Gasteiger partial charge in [0.05, 0.1) is 0 Å². The van der Waals surface area contributed by atoms with Crippen LogP contribution >= 0.6 is 13.5 Å². The van der Waals surface area contributed by atoms with Crippen molar-refractivity contribution in [1.29, 1.82) is 0 Å². The van der Waals surface area contributed by atoms with Crippen molar-refractivity contribution in [3.8, 4) is 0 Å². The van der Waals surface area contributed by atoms with Gasteiger partial charge in [0.15, 0.2) is 0 Å². The molecule has 0 nitrogen and oxygen atoms in total. The van der Waals surface area contributed by atoms with E-state index in [2.05, 4.69) is 0 Å². The number of rotatable bonds is 0. The number of hydrogen-bond acceptors (Lipinski definition) is 0. The zero-order valence-electron chi connectivity index (χ0n) is 2.49. The zero-order chi connectivity index (χ0) is 0. The summed E-state index contributed by atoms with van der Waals surface area (Å²) in [5.41, 5.74) is 0. The van der Waals surface area contributed by atoms with E-state index in [0.717, 1.165) is 0 Å². The standard InChI is InChI=1S/B.Mg.H2S.Zn/h;;1H2;. The second-order valence-electron chi connectivity index (χ2n) is 0. The fourth-order valence-electron chi connectivity index (χ4n) is 0. The smallest absolute Gasteiger partial charge is 0 e. The van der Waals surface area contributed by atoms with Crippen LogP contribution in [0.4, 0.5) is 0 Å². The predicted molar refractivity (Wildman–Crippen MR) is 21.9 cm³/mol. The van der Waals surface area contributed by atoms with Crippen LogP contribution in [0, 0.1) is 0 Å². The monoisotopic (exact) mass is 133 g/mol. The van der Waals surface area contributed by atoms with E-state index >= 15 is 0 Å². The molecule has 0 amide bonds. The van der Waals surface area contributed by atoms with Crippen LogP contribution in [0.5, 0.6) is 0 Å². The fourth-order valence-corrected chi connectivity index (χ4v) is 0. The molecule has 0 unspecified atom stereocenters. The first kappa shape index (κ1) is 41.1. The van der Waals surface area contributed by atoms with Gasteiger partial charge in [-0.25, -0.2) is 0 Å². The van der Waals surface area contributed by atoms with Crippen LogP contribution in [0.1, 0.15) is 0 Å². The Labute approximate surface area is 64.0 Å². The van der Waals surface area contributed by atoms with Gasteiger partial charge in [0, 0.05) is 50.9 Å². The molecule has 0 saturated carbocycles. The summed E-state index contributed by atoms with van der Waals surface area (Å²) in [6.45, 7) is 0. The van der Waals surface area contributed by atoms with Gasteiger partial charge in [0.1, 0.15) is 0 Å². The third-order valence-electron chi connectivity index (χ3n) is 0. The minimum Gasteiger partial charge on any atom is -0.197 e. The quantitative estimate of drug-likeness (QED) is 0.387. The zero-order valence-corrected chi connectivity index (χ0v) is 7.87. The first-order valence-corrected chi connectivity index (χ1v) is 0. The maximum Gasteiger partial charge on any atom is 0 e. The molecule has 0 saturated heterocycles. The van der Waals surface area contributed by atoms with E-state index in [0.29, 0.717) is 0 Å². The number of hydrogen-bond donors (Lipinski definition) is 0. The van der Waals surface area contributed by atoms with Gasteiger partial charge in [-0.05, 0) is 0 Å².